The highest BCUT2D eigenvalue weighted by Crippen LogP contribution is 2.42. The van der Waals surface area contributed by atoms with Crippen molar-refractivity contribution in [1.29, 1.82) is 0 Å². The monoisotopic (exact) mass is 561 g/mol. The number of aromatic nitrogens is 4. The van der Waals surface area contributed by atoms with Gasteiger partial charge < -0.3 is 19.9 Å². The molecular weight excluding hydrogens is 531 g/mol. The summed E-state index contributed by atoms with van der Waals surface area (Å²) in [5, 5.41) is 10.7. The Morgan fingerprint density at radius 1 is 1.08 bits per heavy atom. The Morgan fingerprint density at radius 2 is 1.85 bits per heavy atom. The molecule has 2 aromatic heterocycles. The lowest BCUT2D eigenvalue weighted by Gasteiger charge is -2.26. The van der Waals surface area contributed by atoms with Gasteiger partial charge in [-0.2, -0.15) is 15.1 Å². The smallest absolute Gasteiger partial charge is 0.318 e. The van der Waals surface area contributed by atoms with Crippen molar-refractivity contribution in [3.8, 4) is 17.1 Å². The second kappa shape index (κ2) is 11.1. The first-order valence-corrected chi connectivity index (χ1v) is 13.2. The molecule has 6 rings (SSSR count). The fraction of sp³-hybridized carbons (Fsp3) is 0.444. The van der Waals surface area contributed by atoms with Crippen molar-refractivity contribution in [2.75, 3.05) is 58.3 Å². The normalized spacial score (nSPS) is 17.8. The molecule has 208 valence electrons. The molecule has 0 aliphatic carbocycles. The fourth-order valence-corrected chi connectivity index (χ4v) is 5.42. The SMILES string of the molecule is CN1CCCC1.COc1nc(N2CCNCC(F)(F)C2)c2cc(Cl)c(-c3c(C)ccc4[nH]ncc34)c(F)c2n1. The van der Waals surface area contributed by atoms with Crippen LogP contribution in [0.1, 0.15) is 18.4 Å². The highest BCUT2D eigenvalue weighted by atomic mass is 35.5. The number of benzene rings is 2. The maximum absolute atomic E-state index is 16.1. The molecule has 0 unspecified atom stereocenters. The zero-order valence-corrected chi connectivity index (χ0v) is 22.9. The van der Waals surface area contributed by atoms with Gasteiger partial charge in [-0.25, -0.2) is 13.2 Å². The highest BCUT2D eigenvalue weighted by Gasteiger charge is 2.35. The summed E-state index contributed by atoms with van der Waals surface area (Å²) in [5.74, 6) is -3.53. The Morgan fingerprint density at radius 3 is 2.54 bits per heavy atom. The number of halogens is 4. The molecular formula is C27H31ClF3N7O. The van der Waals surface area contributed by atoms with Crippen LogP contribution >= 0.6 is 11.6 Å². The largest absolute Gasteiger partial charge is 0.467 e. The molecule has 0 bridgehead atoms. The summed E-state index contributed by atoms with van der Waals surface area (Å²) in [6.45, 7) is 4.03. The molecule has 2 aromatic carbocycles. The minimum absolute atomic E-state index is 0.0586. The lowest BCUT2D eigenvalue weighted by Crippen LogP contribution is -2.39. The molecule has 0 radical (unpaired) electrons. The number of likely N-dealkylation sites (tertiary alicyclic amines) is 1. The summed E-state index contributed by atoms with van der Waals surface area (Å²) in [6.07, 6.45) is 4.43. The second-order valence-corrected chi connectivity index (χ2v) is 10.4. The molecule has 0 saturated carbocycles. The highest BCUT2D eigenvalue weighted by molar-refractivity contribution is 6.35. The summed E-state index contributed by atoms with van der Waals surface area (Å²) in [5.41, 5.74) is 2.20. The molecule has 4 heterocycles. The van der Waals surface area contributed by atoms with Crippen LogP contribution in [-0.4, -0.2) is 84.4 Å². The number of hydrogen-bond acceptors (Lipinski definition) is 7. The Kier molecular flexibility index (Phi) is 7.84. The Hall–Kier alpha value is -3.15. The molecule has 0 amide bonds. The lowest BCUT2D eigenvalue weighted by atomic mass is 9.95. The van der Waals surface area contributed by atoms with Crippen LogP contribution in [-0.2, 0) is 0 Å². The van der Waals surface area contributed by atoms with Gasteiger partial charge in [0.2, 0.25) is 0 Å². The average Bonchev–Trinajstić information content (AvgIpc) is 3.54. The molecule has 0 atom stereocenters. The number of rotatable bonds is 3. The number of anilines is 1. The summed E-state index contributed by atoms with van der Waals surface area (Å²) in [6, 6.07) is 5.10. The first-order chi connectivity index (χ1) is 18.7. The van der Waals surface area contributed by atoms with E-state index in [0.29, 0.717) is 17.5 Å². The third kappa shape index (κ3) is 5.61. The van der Waals surface area contributed by atoms with E-state index < -0.39 is 24.8 Å². The van der Waals surface area contributed by atoms with Gasteiger partial charge in [0.25, 0.3) is 5.92 Å². The molecule has 2 aliphatic heterocycles. The van der Waals surface area contributed by atoms with Crippen molar-refractivity contribution in [3.63, 3.8) is 0 Å². The molecule has 2 N–H and O–H groups in total. The number of methoxy groups -OCH3 is 1. The van der Waals surface area contributed by atoms with E-state index in [1.165, 1.54) is 44.0 Å². The van der Waals surface area contributed by atoms with Gasteiger partial charge in [0.15, 0.2) is 5.82 Å². The van der Waals surface area contributed by atoms with Gasteiger partial charge in [0, 0.05) is 35.0 Å². The third-order valence-electron chi connectivity index (χ3n) is 7.10. The maximum atomic E-state index is 16.1. The molecule has 0 spiro atoms. The van der Waals surface area contributed by atoms with E-state index in [0.717, 1.165) is 11.1 Å². The zero-order chi connectivity index (χ0) is 27.7. The van der Waals surface area contributed by atoms with Gasteiger partial charge >= 0.3 is 6.01 Å². The Balaban J connectivity index is 0.000000455. The summed E-state index contributed by atoms with van der Waals surface area (Å²) in [4.78, 5) is 12.3. The van der Waals surface area contributed by atoms with E-state index in [-0.39, 0.29) is 39.9 Å². The first kappa shape index (κ1) is 27.4. The van der Waals surface area contributed by atoms with Crippen molar-refractivity contribution >= 4 is 39.2 Å². The number of nitrogens with one attached hydrogen (secondary N) is 2. The van der Waals surface area contributed by atoms with Crippen LogP contribution in [0.15, 0.2) is 24.4 Å². The predicted octanol–water partition coefficient (Wildman–Crippen LogP) is 5.04. The van der Waals surface area contributed by atoms with Crippen LogP contribution < -0.4 is 15.0 Å². The number of hydrogen-bond donors (Lipinski definition) is 2. The number of H-pyrrole nitrogens is 1. The zero-order valence-electron chi connectivity index (χ0n) is 22.1. The first-order valence-electron chi connectivity index (χ1n) is 12.9. The number of alkyl halides is 2. The number of nitrogens with zero attached hydrogens (tertiary/aromatic N) is 5. The van der Waals surface area contributed by atoms with Gasteiger partial charge in [0.1, 0.15) is 11.3 Å². The number of ether oxygens (including phenoxy) is 1. The molecule has 12 heteroatoms. The average molecular weight is 562 g/mol. The molecule has 8 nitrogen and oxygen atoms in total. The summed E-state index contributed by atoms with van der Waals surface area (Å²) >= 11 is 6.62. The predicted molar refractivity (Wildman–Crippen MR) is 148 cm³/mol. The van der Waals surface area contributed by atoms with Gasteiger partial charge in [-0.15, -0.1) is 0 Å². The Bertz CT molecular complexity index is 1490. The second-order valence-electron chi connectivity index (χ2n) is 10.0. The maximum Gasteiger partial charge on any atom is 0.318 e. The fourth-order valence-electron chi connectivity index (χ4n) is 5.14. The molecule has 4 aromatic rings. The van der Waals surface area contributed by atoms with Gasteiger partial charge in [-0.3, -0.25) is 5.10 Å². The lowest BCUT2D eigenvalue weighted by molar-refractivity contribution is 0.0156. The van der Waals surface area contributed by atoms with Gasteiger partial charge in [0.05, 0.1) is 36.9 Å². The van der Waals surface area contributed by atoms with E-state index in [1.54, 1.807) is 6.20 Å². The van der Waals surface area contributed by atoms with Crippen LogP contribution in [0.2, 0.25) is 5.02 Å². The van der Waals surface area contributed by atoms with Crippen molar-refractivity contribution in [1.82, 2.24) is 30.4 Å². The molecule has 2 fully saturated rings. The van der Waals surface area contributed by atoms with E-state index in [2.05, 4.69) is 37.4 Å². The van der Waals surface area contributed by atoms with Crippen LogP contribution in [0.3, 0.4) is 0 Å². The van der Waals surface area contributed by atoms with Crippen molar-refractivity contribution in [2.24, 2.45) is 0 Å². The van der Waals surface area contributed by atoms with Crippen LogP contribution in [0.4, 0.5) is 19.0 Å². The third-order valence-corrected chi connectivity index (χ3v) is 7.40. The van der Waals surface area contributed by atoms with Crippen molar-refractivity contribution < 1.29 is 17.9 Å². The van der Waals surface area contributed by atoms with Crippen LogP contribution in [0.25, 0.3) is 32.9 Å². The quantitative estimate of drug-likeness (QED) is 0.363. The summed E-state index contributed by atoms with van der Waals surface area (Å²) < 4.78 is 49.9. The Labute approximate surface area is 229 Å². The van der Waals surface area contributed by atoms with Crippen LogP contribution in [0.5, 0.6) is 6.01 Å². The van der Waals surface area contributed by atoms with Crippen molar-refractivity contribution in [2.45, 2.75) is 25.7 Å². The molecule has 2 saturated heterocycles. The molecule has 39 heavy (non-hydrogen) atoms. The number of aromatic amines is 1. The number of aryl methyl sites for hydroxylation is 1. The minimum Gasteiger partial charge on any atom is -0.467 e. The van der Waals surface area contributed by atoms with Crippen LogP contribution in [0, 0.1) is 12.7 Å². The van der Waals surface area contributed by atoms with Gasteiger partial charge in [-0.05, 0) is 57.6 Å². The van der Waals surface area contributed by atoms with Gasteiger partial charge in [-0.1, -0.05) is 17.7 Å². The van der Waals surface area contributed by atoms with E-state index in [1.807, 2.05) is 19.1 Å². The molecule has 2 aliphatic rings. The van der Waals surface area contributed by atoms with E-state index in [9.17, 15) is 8.78 Å². The van der Waals surface area contributed by atoms with Crippen molar-refractivity contribution in [3.05, 3.63) is 40.8 Å². The summed E-state index contributed by atoms with van der Waals surface area (Å²) in [7, 11) is 3.52. The minimum atomic E-state index is -2.99. The van der Waals surface area contributed by atoms with E-state index >= 15 is 4.39 Å². The van der Waals surface area contributed by atoms with E-state index in [4.69, 9.17) is 16.3 Å². The topological polar surface area (TPSA) is 82.2 Å². The standard InChI is InChI=1S/C22H20ClF3N6O.C5H11N/c1-11-3-4-15-13(8-28-31-15)16(11)17-14(23)7-12-19(18(17)24)29-21(33-2)30-20(12)32-6-5-27-9-22(25,26)10-32;1-6-4-2-3-5-6/h3-4,7-8,27H,5-6,9-10H2,1-2H3,(H,28,31);2-5H2,1H3. The number of fused-ring (bicyclic) bond motifs is 2.